The molecule has 0 fully saturated rings. The third-order valence-corrected chi connectivity index (χ3v) is 5.69. The van der Waals surface area contributed by atoms with E-state index in [1.54, 1.807) is 6.07 Å². The van der Waals surface area contributed by atoms with E-state index in [2.05, 4.69) is 30.0 Å². The molecule has 0 aliphatic carbocycles. The molecule has 1 heterocycles. The Morgan fingerprint density at radius 2 is 1.74 bits per heavy atom. The highest BCUT2D eigenvalue weighted by Crippen LogP contribution is 2.34. The molecule has 6 nitrogen and oxygen atoms in total. The summed E-state index contributed by atoms with van der Waals surface area (Å²) in [5, 5.41) is 0.276. The summed E-state index contributed by atoms with van der Waals surface area (Å²) in [6.45, 7) is 4.16. The SMILES string of the molecule is CCCC(C)CC#Cc1ccc2c3c(cccc13)C(=O)N(OS(=O)(=O)C(F)(F)F)C2=O. The highest BCUT2D eigenvalue weighted by Gasteiger charge is 2.51. The van der Waals surface area contributed by atoms with Crippen molar-refractivity contribution in [3.63, 3.8) is 0 Å². The minimum Gasteiger partial charge on any atom is -0.266 e. The quantitative estimate of drug-likeness (QED) is 0.381. The van der Waals surface area contributed by atoms with Crippen LogP contribution in [0, 0.1) is 17.8 Å². The molecule has 2 amide bonds. The van der Waals surface area contributed by atoms with Crippen molar-refractivity contribution in [1.29, 1.82) is 0 Å². The van der Waals surface area contributed by atoms with Gasteiger partial charge in [0.15, 0.2) is 0 Å². The lowest BCUT2D eigenvalue weighted by molar-refractivity contribution is -0.0761. The van der Waals surface area contributed by atoms with Crippen molar-refractivity contribution in [2.45, 2.75) is 38.6 Å². The van der Waals surface area contributed by atoms with Crippen molar-refractivity contribution >= 4 is 32.7 Å². The normalized spacial score (nSPS) is 15.1. The molecule has 1 atom stereocenters. The molecule has 0 aromatic heterocycles. The van der Waals surface area contributed by atoms with E-state index in [-0.39, 0.29) is 21.6 Å². The number of nitrogens with zero attached hydrogens (tertiary/aromatic N) is 1. The van der Waals surface area contributed by atoms with Gasteiger partial charge < -0.3 is 0 Å². The van der Waals surface area contributed by atoms with E-state index in [9.17, 15) is 31.2 Å². The van der Waals surface area contributed by atoms with Crippen LogP contribution in [0.2, 0.25) is 0 Å². The van der Waals surface area contributed by atoms with Gasteiger partial charge in [0.2, 0.25) is 0 Å². The average molecular weight is 453 g/mol. The molecule has 0 saturated carbocycles. The molecule has 1 aliphatic heterocycles. The molecule has 164 valence electrons. The van der Waals surface area contributed by atoms with Gasteiger partial charge >= 0.3 is 15.6 Å². The number of imide groups is 1. The van der Waals surface area contributed by atoms with Crippen LogP contribution in [0.15, 0.2) is 30.3 Å². The van der Waals surface area contributed by atoms with Crippen molar-refractivity contribution in [3.05, 3.63) is 47.0 Å². The Bertz CT molecular complexity index is 1200. The monoisotopic (exact) mass is 453 g/mol. The summed E-state index contributed by atoms with van der Waals surface area (Å²) in [5.41, 5.74) is -5.57. The number of rotatable bonds is 5. The summed E-state index contributed by atoms with van der Waals surface area (Å²) < 4.78 is 64.5. The maximum atomic E-state index is 12.7. The maximum absolute atomic E-state index is 12.7. The summed E-state index contributed by atoms with van der Waals surface area (Å²) >= 11 is 0. The van der Waals surface area contributed by atoms with Crippen molar-refractivity contribution in [3.8, 4) is 11.8 Å². The van der Waals surface area contributed by atoms with Crippen LogP contribution in [0.25, 0.3) is 10.8 Å². The van der Waals surface area contributed by atoms with E-state index in [1.165, 1.54) is 24.3 Å². The number of benzene rings is 2. The van der Waals surface area contributed by atoms with Crippen molar-refractivity contribution in [2.24, 2.45) is 5.92 Å². The third kappa shape index (κ3) is 4.29. The molecular formula is C21H18F3NO5S. The number of hydrogen-bond donors (Lipinski definition) is 0. The lowest BCUT2D eigenvalue weighted by Gasteiger charge is -2.25. The van der Waals surface area contributed by atoms with Crippen LogP contribution in [0.5, 0.6) is 0 Å². The van der Waals surface area contributed by atoms with E-state index < -0.39 is 27.4 Å². The lowest BCUT2D eigenvalue weighted by atomic mass is 9.92. The third-order valence-electron chi connectivity index (χ3n) is 4.78. The molecular weight excluding hydrogens is 435 g/mol. The summed E-state index contributed by atoms with van der Waals surface area (Å²) in [5.74, 6) is 3.88. The van der Waals surface area contributed by atoms with Gasteiger partial charge in [0.1, 0.15) is 0 Å². The van der Waals surface area contributed by atoms with Crippen LogP contribution in [-0.2, 0) is 14.4 Å². The standard InChI is InChI=1S/C21H18F3NO5S/c1-3-6-13(2)7-4-8-14-11-12-17-18-15(14)9-5-10-16(18)19(26)25(20(17)27)30-31(28,29)21(22,23)24/h5,9-13H,3,6-7H2,1-2H3. The largest absolute Gasteiger partial charge is 0.525 e. The molecule has 0 saturated heterocycles. The second-order valence-corrected chi connectivity index (χ2v) is 8.69. The Labute approximate surface area is 177 Å². The van der Waals surface area contributed by atoms with E-state index >= 15 is 0 Å². The maximum Gasteiger partial charge on any atom is 0.525 e. The highest BCUT2D eigenvalue weighted by molar-refractivity contribution is 7.87. The molecule has 0 N–H and O–H groups in total. The fraction of sp³-hybridized carbons (Fsp3) is 0.333. The first-order valence-corrected chi connectivity index (χ1v) is 10.8. The molecule has 0 radical (unpaired) electrons. The van der Waals surface area contributed by atoms with Crippen LogP contribution in [0.3, 0.4) is 0 Å². The number of halogens is 3. The fourth-order valence-electron chi connectivity index (χ4n) is 3.31. The Balaban J connectivity index is 2.04. The molecule has 1 aliphatic rings. The molecule has 2 aromatic rings. The topological polar surface area (TPSA) is 80.8 Å². The summed E-state index contributed by atoms with van der Waals surface area (Å²) in [6, 6.07) is 7.17. The summed E-state index contributed by atoms with van der Waals surface area (Å²) in [7, 11) is -6.21. The van der Waals surface area contributed by atoms with Gasteiger partial charge in [-0.25, -0.2) is 0 Å². The number of amides is 2. The van der Waals surface area contributed by atoms with Crippen LogP contribution in [0.4, 0.5) is 13.2 Å². The van der Waals surface area contributed by atoms with Crippen LogP contribution in [-0.4, -0.2) is 30.8 Å². The molecule has 31 heavy (non-hydrogen) atoms. The second-order valence-electron chi connectivity index (χ2n) is 7.17. The van der Waals surface area contributed by atoms with E-state index in [0.717, 1.165) is 12.8 Å². The predicted octanol–water partition coefficient (Wildman–Crippen LogP) is 4.39. The van der Waals surface area contributed by atoms with Gasteiger partial charge in [-0.15, -0.1) is 9.35 Å². The van der Waals surface area contributed by atoms with Crippen molar-refractivity contribution in [1.82, 2.24) is 5.06 Å². The molecule has 10 heteroatoms. The Hall–Kier alpha value is -2.90. The summed E-state index contributed by atoms with van der Waals surface area (Å²) in [4.78, 5) is 25.2. The van der Waals surface area contributed by atoms with Crippen LogP contribution >= 0.6 is 0 Å². The van der Waals surface area contributed by atoms with Gasteiger partial charge in [0, 0.05) is 17.4 Å². The van der Waals surface area contributed by atoms with E-state index in [0.29, 0.717) is 23.3 Å². The summed E-state index contributed by atoms with van der Waals surface area (Å²) in [6.07, 6.45) is 2.72. The van der Waals surface area contributed by atoms with Gasteiger partial charge in [0.25, 0.3) is 11.8 Å². The average Bonchev–Trinajstić information content (AvgIpc) is 2.69. The van der Waals surface area contributed by atoms with E-state index in [4.69, 9.17) is 0 Å². The zero-order valence-electron chi connectivity index (χ0n) is 16.6. The predicted molar refractivity (Wildman–Crippen MR) is 106 cm³/mol. The number of alkyl halides is 3. The van der Waals surface area contributed by atoms with Gasteiger partial charge in [-0.1, -0.05) is 50.7 Å². The first kappa shape index (κ1) is 22.8. The Kier molecular flexibility index (Phi) is 6.11. The molecule has 0 bridgehead atoms. The number of carbonyl (C=O) groups excluding carboxylic acids is 2. The van der Waals surface area contributed by atoms with Gasteiger partial charge in [-0.05, 0) is 29.5 Å². The molecule has 1 unspecified atom stereocenters. The minimum atomic E-state index is -6.21. The number of carbonyl (C=O) groups is 2. The van der Waals surface area contributed by atoms with Crippen LogP contribution < -0.4 is 0 Å². The lowest BCUT2D eigenvalue weighted by Crippen LogP contribution is -2.44. The Morgan fingerprint density at radius 3 is 2.35 bits per heavy atom. The molecule has 0 spiro atoms. The van der Waals surface area contributed by atoms with Crippen molar-refractivity contribution < 1.29 is 35.5 Å². The molecule has 2 aromatic carbocycles. The zero-order valence-corrected chi connectivity index (χ0v) is 17.4. The van der Waals surface area contributed by atoms with Crippen LogP contribution in [0.1, 0.15) is 59.4 Å². The van der Waals surface area contributed by atoms with E-state index in [1.807, 2.05) is 0 Å². The number of hydrogen-bond acceptors (Lipinski definition) is 5. The number of hydroxylamine groups is 2. The van der Waals surface area contributed by atoms with Gasteiger partial charge in [0.05, 0.1) is 11.1 Å². The smallest absolute Gasteiger partial charge is 0.266 e. The first-order chi connectivity index (χ1) is 14.5. The molecule has 3 rings (SSSR count). The van der Waals surface area contributed by atoms with Crippen molar-refractivity contribution in [2.75, 3.05) is 0 Å². The first-order valence-electron chi connectivity index (χ1n) is 9.42. The minimum absolute atomic E-state index is 0.160. The zero-order chi connectivity index (χ0) is 23.0. The Morgan fingerprint density at radius 1 is 1.10 bits per heavy atom. The second kappa shape index (κ2) is 8.32. The van der Waals surface area contributed by atoms with Gasteiger partial charge in [-0.2, -0.15) is 21.6 Å². The fourth-order valence-corrected chi connectivity index (χ4v) is 3.72. The van der Waals surface area contributed by atoms with Gasteiger partial charge in [-0.3, -0.25) is 9.59 Å². The highest BCUT2D eigenvalue weighted by atomic mass is 32.2.